The van der Waals surface area contributed by atoms with Crippen LogP contribution in [0.4, 0.5) is 0 Å². The van der Waals surface area contributed by atoms with Gasteiger partial charge in [-0.2, -0.15) is 0 Å². The Labute approximate surface area is 179 Å². The van der Waals surface area contributed by atoms with Gasteiger partial charge in [-0.3, -0.25) is 0 Å². The maximum absolute atomic E-state index is 11.7. The highest BCUT2D eigenvalue weighted by molar-refractivity contribution is 14.0. The molecule has 0 aliphatic rings. The number of aliphatic imine (C=N–C) groups is 1. The van der Waals surface area contributed by atoms with E-state index >= 15 is 0 Å². The fourth-order valence-electron chi connectivity index (χ4n) is 2.91. The molecule has 0 saturated heterocycles. The van der Waals surface area contributed by atoms with Crippen LogP contribution in [0.3, 0.4) is 0 Å². The van der Waals surface area contributed by atoms with E-state index in [4.69, 9.17) is 9.15 Å². The van der Waals surface area contributed by atoms with Gasteiger partial charge in [0.1, 0.15) is 23.6 Å². The fraction of sp³-hybridized carbons (Fsp3) is 0.684. The molecule has 1 rings (SSSR count). The van der Waals surface area contributed by atoms with Crippen LogP contribution in [0.5, 0.6) is 0 Å². The molecule has 0 aliphatic heterocycles. The highest BCUT2D eigenvalue weighted by Crippen LogP contribution is 2.19. The molecule has 0 bridgehead atoms. The number of nitrogens with one attached hydrogen (secondary N) is 2. The minimum Gasteiger partial charge on any atom is -0.465 e. The molecule has 0 aliphatic carbocycles. The molecule has 1 aromatic rings. The largest absolute Gasteiger partial charge is 0.465 e. The Morgan fingerprint density at radius 3 is 2.41 bits per heavy atom. The Balaban J connectivity index is 0.00000676. The van der Waals surface area contributed by atoms with Gasteiger partial charge in [-0.1, -0.05) is 26.7 Å². The number of methoxy groups -OCH3 is 1. The van der Waals surface area contributed by atoms with E-state index in [0.717, 1.165) is 25.7 Å². The molecule has 7 nitrogen and oxygen atoms in total. The number of aliphatic hydroxyl groups is 1. The van der Waals surface area contributed by atoms with Crippen LogP contribution in [0.25, 0.3) is 0 Å². The van der Waals surface area contributed by atoms with Crippen LogP contribution in [0.15, 0.2) is 15.5 Å². The third kappa shape index (κ3) is 8.50. The second kappa shape index (κ2) is 13.0. The lowest BCUT2D eigenvalue weighted by Gasteiger charge is -2.28. The molecule has 0 amide bonds. The molecule has 0 fully saturated rings. The predicted molar refractivity (Wildman–Crippen MR) is 118 cm³/mol. The first-order chi connectivity index (χ1) is 12.4. The number of carbonyl (C=O) groups excluding carboxylic acids is 1. The zero-order valence-electron chi connectivity index (χ0n) is 17.1. The summed E-state index contributed by atoms with van der Waals surface area (Å²) in [6, 6.07) is 1.65. The number of hydrogen-bond acceptors (Lipinski definition) is 5. The summed E-state index contributed by atoms with van der Waals surface area (Å²) in [4.78, 5) is 16.1. The van der Waals surface area contributed by atoms with Crippen LogP contribution >= 0.6 is 24.0 Å². The third-order valence-corrected chi connectivity index (χ3v) is 4.13. The molecular formula is C19H34IN3O4. The van der Waals surface area contributed by atoms with Gasteiger partial charge < -0.3 is 24.9 Å². The number of furan rings is 1. The van der Waals surface area contributed by atoms with Crippen molar-refractivity contribution in [1.82, 2.24) is 10.6 Å². The lowest BCUT2D eigenvalue weighted by molar-refractivity contribution is 0.0257. The van der Waals surface area contributed by atoms with Crippen LogP contribution in [0.2, 0.25) is 0 Å². The summed E-state index contributed by atoms with van der Waals surface area (Å²) in [5.74, 6) is 1.28. The molecule has 27 heavy (non-hydrogen) atoms. The highest BCUT2D eigenvalue weighted by atomic mass is 127. The second-order valence-electron chi connectivity index (χ2n) is 6.45. The molecule has 3 N–H and O–H groups in total. The monoisotopic (exact) mass is 495 g/mol. The average Bonchev–Trinajstić information content (AvgIpc) is 2.98. The van der Waals surface area contributed by atoms with Gasteiger partial charge in [0.15, 0.2) is 5.96 Å². The van der Waals surface area contributed by atoms with Crippen LogP contribution < -0.4 is 10.6 Å². The van der Waals surface area contributed by atoms with Crippen molar-refractivity contribution in [3.63, 3.8) is 0 Å². The molecule has 0 aromatic carbocycles. The number of hydrogen-bond donors (Lipinski definition) is 3. The summed E-state index contributed by atoms with van der Waals surface area (Å²) >= 11 is 0. The van der Waals surface area contributed by atoms with E-state index in [-0.39, 0.29) is 30.5 Å². The predicted octanol–water partition coefficient (Wildman–Crippen LogP) is 3.38. The number of esters is 1. The number of rotatable bonds is 10. The zero-order chi connectivity index (χ0) is 19.6. The maximum atomic E-state index is 11.7. The van der Waals surface area contributed by atoms with Crippen LogP contribution in [-0.4, -0.2) is 42.8 Å². The normalized spacial score (nSPS) is 11.7. The zero-order valence-corrected chi connectivity index (χ0v) is 19.4. The van der Waals surface area contributed by atoms with E-state index in [2.05, 4.69) is 29.5 Å². The molecule has 0 atom stereocenters. The van der Waals surface area contributed by atoms with Crippen molar-refractivity contribution in [3.8, 4) is 0 Å². The van der Waals surface area contributed by atoms with Crippen molar-refractivity contribution >= 4 is 35.9 Å². The smallest absolute Gasteiger partial charge is 0.341 e. The van der Waals surface area contributed by atoms with Crippen LogP contribution in [0.1, 0.15) is 68.3 Å². The first-order valence-corrected chi connectivity index (χ1v) is 9.31. The van der Waals surface area contributed by atoms with E-state index in [9.17, 15) is 9.90 Å². The molecular weight excluding hydrogens is 461 g/mol. The van der Waals surface area contributed by atoms with Crippen molar-refractivity contribution in [2.45, 2.75) is 65.5 Å². The topological polar surface area (TPSA) is 96.1 Å². The average molecular weight is 495 g/mol. The minimum absolute atomic E-state index is 0. The molecule has 0 spiro atoms. The summed E-state index contributed by atoms with van der Waals surface area (Å²) in [7, 11) is 1.34. The first-order valence-electron chi connectivity index (χ1n) is 9.31. The van der Waals surface area contributed by atoms with Crippen molar-refractivity contribution in [2.75, 3.05) is 20.2 Å². The summed E-state index contributed by atoms with van der Waals surface area (Å²) < 4.78 is 10.3. The van der Waals surface area contributed by atoms with Gasteiger partial charge >= 0.3 is 5.97 Å². The van der Waals surface area contributed by atoms with Gasteiger partial charge in [0, 0.05) is 13.1 Å². The number of halogens is 1. The van der Waals surface area contributed by atoms with Gasteiger partial charge in [0.2, 0.25) is 0 Å². The van der Waals surface area contributed by atoms with Crippen molar-refractivity contribution < 1.29 is 19.1 Å². The third-order valence-electron chi connectivity index (χ3n) is 4.13. The highest BCUT2D eigenvalue weighted by Gasteiger charge is 2.25. The number of nitrogens with zero attached hydrogens (tertiary/aromatic N) is 1. The van der Waals surface area contributed by atoms with Crippen LogP contribution in [0, 0.1) is 6.92 Å². The van der Waals surface area contributed by atoms with Gasteiger partial charge in [-0.15, -0.1) is 24.0 Å². The Hall–Kier alpha value is -1.29. The van der Waals surface area contributed by atoms with Crippen LogP contribution in [-0.2, 0) is 11.3 Å². The number of guanidine groups is 1. The number of ether oxygens (including phenoxy) is 1. The standard InChI is InChI=1S/C19H33N3O4.HI/c1-6-9-19(24,10-7-2)13-22-18(20-8-3)21-12-15-11-16(14(4)26-15)17(23)25-5;/h11,24H,6-10,12-13H2,1-5H3,(H2,20,21,22);1H. The Kier molecular flexibility index (Phi) is 12.4. The van der Waals surface area contributed by atoms with E-state index < -0.39 is 11.6 Å². The van der Waals surface area contributed by atoms with Crippen molar-refractivity contribution in [3.05, 3.63) is 23.2 Å². The minimum atomic E-state index is -0.737. The summed E-state index contributed by atoms with van der Waals surface area (Å²) in [6.07, 6.45) is 3.34. The van der Waals surface area contributed by atoms with Crippen molar-refractivity contribution in [1.29, 1.82) is 0 Å². The van der Waals surface area contributed by atoms with E-state index in [1.807, 2.05) is 6.92 Å². The summed E-state index contributed by atoms with van der Waals surface area (Å²) in [6.45, 7) is 9.26. The van der Waals surface area contributed by atoms with Gasteiger partial charge in [-0.25, -0.2) is 9.79 Å². The molecule has 156 valence electrons. The lowest BCUT2D eigenvalue weighted by Crippen LogP contribution is -2.47. The van der Waals surface area contributed by atoms with E-state index in [1.165, 1.54) is 7.11 Å². The number of carbonyl (C=O) groups is 1. The first kappa shape index (κ1) is 25.7. The molecule has 0 radical (unpaired) electrons. The SMILES string of the molecule is CCCC(O)(CCC)CNC(=NCc1cc(C(=O)OC)c(C)o1)NCC.I. The second-order valence-corrected chi connectivity index (χ2v) is 6.45. The van der Waals surface area contributed by atoms with E-state index in [0.29, 0.717) is 36.1 Å². The maximum Gasteiger partial charge on any atom is 0.341 e. The lowest BCUT2D eigenvalue weighted by atomic mass is 9.93. The van der Waals surface area contributed by atoms with Gasteiger partial charge in [0.05, 0.1) is 12.7 Å². The molecule has 1 heterocycles. The Morgan fingerprint density at radius 2 is 1.89 bits per heavy atom. The molecule has 0 saturated carbocycles. The Bertz CT molecular complexity index is 596. The number of aryl methyl sites for hydroxylation is 1. The van der Waals surface area contributed by atoms with Crippen molar-refractivity contribution in [2.24, 2.45) is 4.99 Å². The van der Waals surface area contributed by atoms with E-state index in [1.54, 1.807) is 13.0 Å². The van der Waals surface area contributed by atoms with Gasteiger partial charge in [-0.05, 0) is 32.8 Å². The molecule has 0 unspecified atom stereocenters. The van der Waals surface area contributed by atoms with Gasteiger partial charge in [0.25, 0.3) is 0 Å². The summed E-state index contributed by atoms with van der Waals surface area (Å²) in [5.41, 5.74) is -0.324. The Morgan fingerprint density at radius 1 is 1.26 bits per heavy atom. The molecule has 8 heteroatoms. The fourth-order valence-corrected chi connectivity index (χ4v) is 2.91. The summed E-state index contributed by atoms with van der Waals surface area (Å²) in [5, 5.41) is 17.1. The quantitative estimate of drug-likeness (QED) is 0.199. The molecule has 1 aromatic heterocycles.